The summed E-state index contributed by atoms with van der Waals surface area (Å²) < 4.78 is 0. The molecule has 1 N–H and O–H groups in total. The Kier molecular flexibility index (Phi) is 4.69. The Morgan fingerprint density at radius 3 is 2.05 bits per heavy atom. The minimum absolute atomic E-state index is 0.281. The van der Waals surface area contributed by atoms with Crippen LogP contribution in [0.4, 0.5) is 0 Å². The highest BCUT2D eigenvalue weighted by Gasteiger charge is 2.22. The van der Waals surface area contributed by atoms with E-state index in [2.05, 4.69) is 77.9 Å². The van der Waals surface area contributed by atoms with E-state index in [1.165, 1.54) is 30.5 Å². The molecule has 0 radical (unpaired) electrons. The number of hydrogen-bond acceptors (Lipinski definition) is 2. The molecule has 110 valence electrons. The molecule has 1 aliphatic rings. The zero-order valence-electron chi connectivity index (χ0n) is 12.7. The van der Waals surface area contributed by atoms with Gasteiger partial charge in [-0.15, -0.1) is 0 Å². The maximum Gasteiger partial charge on any atom is 0.0579 e. The van der Waals surface area contributed by atoms with Crippen molar-refractivity contribution in [2.45, 2.75) is 24.9 Å². The van der Waals surface area contributed by atoms with Crippen LogP contribution in [0.1, 0.15) is 30.0 Å². The SMILES string of the molecule is CN1CCC[C@@H](NC(c2ccccc2)c2ccccc2)C1. The monoisotopic (exact) mass is 280 g/mol. The van der Waals surface area contributed by atoms with Crippen LogP contribution in [-0.2, 0) is 0 Å². The molecule has 1 atom stereocenters. The van der Waals surface area contributed by atoms with Crippen molar-refractivity contribution in [3.05, 3.63) is 71.8 Å². The quantitative estimate of drug-likeness (QED) is 0.922. The van der Waals surface area contributed by atoms with Crippen LogP contribution in [0.25, 0.3) is 0 Å². The van der Waals surface area contributed by atoms with Gasteiger partial charge < -0.3 is 10.2 Å². The predicted octanol–water partition coefficient (Wildman–Crippen LogP) is 3.46. The lowest BCUT2D eigenvalue weighted by molar-refractivity contribution is 0.221. The van der Waals surface area contributed by atoms with Crippen molar-refractivity contribution in [2.75, 3.05) is 20.1 Å². The zero-order valence-corrected chi connectivity index (χ0v) is 12.7. The van der Waals surface area contributed by atoms with Gasteiger partial charge in [0.05, 0.1) is 6.04 Å². The molecule has 0 bridgehead atoms. The fraction of sp³-hybridized carbons (Fsp3) is 0.368. The number of benzene rings is 2. The molecule has 0 saturated carbocycles. The third-order valence-corrected chi connectivity index (χ3v) is 4.29. The molecule has 1 aliphatic heterocycles. The van der Waals surface area contributed by atoms with Gasteiger partial charge in [-0.25, -0.2) is 0 Å². The summed E-state index contributed by atoms with van der Waals surface area (Å²) >= 11 is 0. The van der Waals surface area contributed by atoms with Gasteiger partial charge in [0.25, 0.3) is 0 Å². The Morgan fingerprint density at radius 1 is 0.952 bits per heavy atom. The highest BCUT2D eigenvalue weighted by Crippen LogP contribution is 2.24. The van der Waals surface area contributed by atoms with E-state index in [9.17, 15) is 0 Å². The van der Waals surface area contributed by atoms with Gasteiger partial charge in [-0.1, -0.05) is 60.7 Å². The zero-order chi connectivity index (χ0) is 14.5. The van der Waals surface area contributed by atoms with E-state index in [4.69, 9.17) is 0 Å². The average molecular weight is 280 g/mol. The van der Waals surface area contributed by atoms with Crippen molar-refractivity contribution in [2.24, 2.45) is 0 Å². The van der Waals surface area contributed by atoms with Crippen LogP contribution in [0.5, 0.6) is 0 Å². The van der Waals surface area contributed by atoms with Crippen molar-refractivity contribution < 1.29 is 0 Å². The summed E-state index contributed by atoms with van der Waals surface area (Å²) in [6.45, 7) is 2.36. The van der Waals surface area contributed by atoms with Gasteiger partial charge in [-0.2, -0.15) is 0 Å². The van der Waals surface area contributed by atoms with Gasteiger partial charge in [0.15, 0.2) is 0 Å². The standard InChI is InChI=1S/C19H24N2/c1-21-14-8-13-18(15-21)20-19(16-9-4-2-5-10-16)17-11-6-3-7-12-17/h2-7,9-12,18-20H,8,13-15H2,1H3/t18-/m1/s1. The molecule has 3 rings (SSSR count). The van der Waals surface area contributed by atoms with E-state index in [0.717, 1.165) is 6.54 Å². The number of piperidine rings is 1. The molecule has 0 aromatic heterocycles. The van der Waals surface area contributed by atoms with Crippen LogP contribution in [0.3, 0.4) is 0 Å². The topological polar surface area (TPSA) is 15.3 Å². The molecular weight excluding hydrogens is 256 g/mol. The molecule has 2 nitrogen and oxygen atoms in total. The second kappa shape index (κ2) is 6.88. The lowest BCUT2D eigenvalue weighted by Crippen LogP contribution is -2.45. The van der Waals surface area contributed by atoms with Crippen LogP contribution < -0.4 is 5.32 Å². The lowest BCUT2D eigenvalue weighted by atomic mass is 9.96. The average Bonchev–Trinajstić information content (AvgIpc) is 2.54. The van der Waals surface area contributed by atoms with Gasteiger partial charge in [0, 0.05) is 12.6 Å². The highest BCUT2D eigenvalue weighted by atomic mass is 15.1. The van der Waals surface area contributed by atoms with Crippen LogP contribution in [0.2, 0.25) is 0 Å². The Bertz CT molecular complexity index is 499. The van der Waals surface area contributed by atoms with Crippen molar-refractivity contribution in [3.8, 4) is 0 Å². The number of likely N-dealkylation sites (tertiary alicyclic amines) is 1. The molecule has 0 amide bonds. The molecular formula is C19H24N2. The first-order chi connectivity index (χ1) is 10.3. The van der Waals surface area contributed by atoms with Crippen LogP contribution in [0, 0.1) is 0 Å². The third-order valence-electron chi connectivity index (χ3n) is 4.29. The first-order valence-electron chi connectivity index (χ1n) is 7.87. The summed E-state index contributed by atoms with van der Waals surface area (Å²) in [4.78, 5) is 2.42. The normalized spacial score (nSPS) is 19.8. The van der Waals surface area contributed by atoms with Gasteiger partial charge in [-0.05, 0) is 37.6 Å². The summed E-state index contributed by atoms with van der Waals surface area (Å²) in [5, 5.41) is 3.88. The largest absolute Gasteiger partial charge is 0.305 e. The number of rotatable bonds is 4. The highest BCUT2D eigenvalue weighted by molar-refractivity contribution is 5.31. The summed E-state index contributed by atoms with van der Waals surface area (Å²) in [6, 6.07) is 22.4. The Balaban J connectivity index is 1.83. The van der Waals surface area contributed by atoms with Crippen LogP contribution in [0.15, 0.2) is 60.7 Å². The van der Waals surface area contributed by atoms with Crippen molar-refractivity contribution in [1.82, 2.24) is 10.2 Å². The smallest absolute Gasteiger partial charge is 0.0579 e. The van der Waals surface area contributed by atoms with Crippen molar-refractivity contribution in [1.29, 1.82) is 0 Å². The molecule has 1 heterocycles. The predicted molar refractivity (Wildman–Crippen MR) is 88.4 cm³/mol. The molecule has 0 spiro atoms. The fourth-order valence-electron chi connectivity index (χ4n) is 3.21. The second-order valence-corrected chi connectivity index (χ2v) is 6.02. The summed E-state index contributed by atoms with van der Waals surface area (Å²) in [5.74, 6) is 0. The van der Waals surface area contributed by atoms with Crippen molar-refractivity contribution in [3.63, 3.8) is 0 Å². The summed E-state index contributed by atoms with van der Waals surface area (Å²) in [6.07, 6.45) is 2.55. The van der Waals surface area contributed by atoms with Gasteiger partial charge >= 0.3 is 0 Å². The molecule has 2 heteroatoms. The minimum Gasteiger partial charge on any atom is -0.305 e. The summed E-state index contributed by atoms with van der Waals surface area (Å²) in [5.41, 5.74) is 2.69. The Hall–Kier alpha value is -1.64. The minimum atomic E-state index is 0.281. The van der Waals surface area contributed by atoms with E-state index in [1.54, 1.807) is 0 Å². The Morgan fingerprint density at radius 2 is 1.52 bits per heavy atom. The number of likely N-dealkylation sites (N-methyl/N-ethyl adjacent to an activating group) is 1. The molecule has 1 fully saturated rings. The molecule has 0 unspecified atom stereocenters. The number of hydrogen-bond donors (Lipinski definition) is 1. The van der Waals surface area contributed by atoms with E-state index < -0.39 is 0 Å². The van der Waals surface area contributed by atoms with Gasteiger partial charge in [0.2, 0.25) is 0 Å². The van der Waals surface area contributed by atoms with E-state index >= 15 is 0 Å². The first kappa shape index (κ1) is 14.3. The molecule has 2 aromatic carbocycles. The number of nitrogens with zero attached hydrogens (tertiary/aromatic N) is 1. The number of nitrogens with one attached hydrogen (secondary N) is 1. The van der Waals surface area contributed by atoms with E-state index in [1.807, 2.05) is 0 Å². The molecule has 0 aliphatic carbocycles. The third kappa shape index (κ3) is 3.72. The van der Waals surface area contributed by atoms with E-state index in [0.29, 0.717) is 6.04 Å². The lowest BCUT2D eigenvalue weighted by Gasteiger charge is -2.33. The van der Waals surface area contributed by atoms with Crippen molar-refractivity contribution >= 4 is 0 Å². The fourth-order valence-corrected chi connectivity index (χ4v) is 3.21. The van der Waals surface area contributed by atoms with Gasteiger partial charge in [-0.3, -0.25) is 0 Å². The second-order valence-electron chi connectivity index (χ2n) is 6.02. The van der Waals surface area contributed by atoms with Crippen LogP contribution in [-0.4, -0.2) is 31.1 Å². The maximum atomic E-state index is 3.88. The maximum absolute atomic E-state index is 3.88. The van der Waals surface area contributed by atoms with Gasteiger partial charge in [0.1, 0.15) is 0 Å². The molecule has 2 aromatic rings. The van der Waals surface area contributed by atoms with Crippen LogP contribution >= 0.6 is 0 Å². The summed E-state index contributed by atoms with van der Waals surface area (Å²) in [7, 11) is 2.22. The Labute approximate surface area is 127 Å². The first-order valence-corrected chi connectivity index (χ1v) is 7.87. The molecule has 1 saturated heterocycles. The molecule has 21 heavy (non-hydrogen) atoms. The van der Waals surface area contributed by atoms with E-state index in [-0.39, 0.29) is 6.04 Å².